The summed E-state index contributed by atoms with van der Waals surface area (Å²) in [6.07, 6.45) is 0. The van der Waals surface area contributed by atoms with E-state index in [1.54, 1.807) is 24.3 Å². The number of anilines is 2. The van der Waals surface area contributed by atoms with E-state index < -0.39 is 0 Å². The van der Waals surface area contributed by atoms with Crippen LogP contribution in [0.4, 0.5) is 11.4 Å². The second kappa shape index (κ2) is 9.93. The third-order valence-corrected chi connectivity index (χ3v) is 5.63. The van der Waals surface area contributed by atoms with E-state index in [0.29, 0.717) is 11.3 Å². The molecule has 0 saturated heterocycles. The molecule has 0 bridgehead atoms. The van der Waals surface area contributed by atoms with E-state index >= 15 is 0 Å². The average Bonchev–Trinajstić information content (AvgIpc) is 2.82. The van der Waals surface area contributed by atoms with Gasteiger partial charge in [-0.25, -0.2) is 9.97 Å². The number of hydrazine groups is 1. The van der Waals surface area contributed by atoms with E-state index in [0.717, 1.165) is 27.4 Å². The van der Waals surface area contributed by atoms with Crippen LogP contribution >= 0.6 is 11.8 Å². The van der Waals surface area contributed by atoms with Crippen molar-refractivity contribution in [3.8, 4) is 0 Å². The van der Waals surface area contributed by atoms with Gasteiger partial charge in [0.2, 0.25) is 5.91 Å². The summed E-state index contributed by atoms with van der Waals surface area (Å²) in [6, 6.07) is 23.7. The predicted octanol–water partition coefficient (Wildman–Crippen LogP) is 4.43. The number of hydrogen-bond donors (Lipinski definition) is 3. The maximum atomic E-state index is 12.4. The van der Waals surface area contributed by atoms with Gasteiger partial charge in [-0.2, -0.15) is 0 Å². The lowest BCUT2D eigenvalue weighted by Gasteiger charge is -2.10. The fourth-order valence-corrected chi connectivity index (χ4v) is 3.72. The van der Waals surface area contributed by atoms with Crippen LogP contribution in [0.5, 0.6) is 0 Å². The molecule has 0 radical (unpaired) electrons. The van der Waals surface area contributed by atoms with Gasteiger partial charge >= 0.3 is 0 Å². The lowest BCUT2D eigenvalue weighted by Crippen LogP contribution is -2.29. The molecule has 3 N–H and O–H groups in total. The molecule has 1 heterocycles. The van der Waals surface area contributed by atoms with Gasteiger partial charge in [-0.15, -0.1) is 0 Å². The number of fused-ring (bicyclic) bond motifs is 1. The number of thioether (sulfide) groups is 1. The van der Waals surface area contributed by atoms with Crippen molar-refractivity contribution in [1.82, 2.24) is 15.4 Å². The number of benzene rings is 3. The first kappa shape index (κ1) is 21.3. The number of aryl methyl sites for hydroxylation is 1. The molecule has 0 atom stereocenters. The summed E-state index contributed by atoms with van der Waals surface area (Å²) in [7, 11) is 0. The first-order valence-electron chi connectivity index (χ1n) is 9.96. The van der Waals surface area contributed by atoms with Crippen LogP contribution < -0.4 is 16.2 Å². The smallest absolute Gasteiger partial charge is 0.269 e. The molecule has 0 saturated carbocycles. The van der Waals surface area contributed by atoms with Crippen molar-refractivity contribution in [3.05, 3.63) is 90.1 Å². The van der Waals surface area contributed by atoms with Gasteiger partial charge in [0.1, 0.15) is 5.03 Å². The van der Waals surface area contributed by atoms with Crippen LogP contribution in [0, 0.1) is 6.92 Å². The number of nitrogens with one attached hydrogen (secondary N) is 3. The summed E-state index contributed by atoms with van der Waals surface area (Å²) in [4.78, 5) is 33.8. The van der Waals surface area contributed by atoms with Gasteiger partial charge < -0.3 is 5.32 Å². The molecule has 0 unspecified atom stereocenters. The molecule has 8 heteroatoms. The van der Waals surface area contributed by atoms with Gasteiger partial charge in [0.25, 0.3) is 5.91 Å². The highest BCUT2D eigenvalue weighted by Crippen LogP contribution is 2.22. The fraction of sp³-hybridized carbons (Fsp3) is 0.0833. The maximum Gasteiger partial charge on any atom is 0.269 e. The van der Waals surface area contributed by atoms with E-state index in [2.05, 4.69) is 26.1 Å². The number of para-hydroxylation sites is 3. The van der Waals surface area contributed by atoms with Crippen molar-refractivity contribution in [2.24, 2.45) is 0 Å². The highest BCUT2D eigenvalue weighted by molar-refractivity contribution is 8.00. The Bertz CT molecular complexity index is 1250. The second-order valence-corrected chi connectivity index (χ2v) is 7.93. The Kier molecular flexibility index (Phi) is 6.62. The van der Waals surface area contributed by atoms with Crippen molar-refractivity contribution in [2.45, 2.75) is 11.9 Å². The van der Waals surface area contributed by atoms with Crippen molar-refractivity contribution in [1.29, 1.82) is 0 Å². The molecule has 0 fully saturated rings. The quantitative estimate of drug-likeness (QED) is 0.289. The normalized spacial score (nSPS) is 10.5. The molecule has 1 aromatic heterocycles. The zero-order valence-electron chi connectivity index (χ0n) is 17.3. The predicted molar refractivity (Wildman–Crippen MR) is 128 cm³/mol. The lowest BCUT2D eigenvalue weighted by atomic mass is 10.2. The largest absolute Gasteiger partial charge is 0.325 e. The standard InChI is InChI=1S/C24H21N5O2S/c1-16-24(27-21-10-6-5-9-20(21)25-16)32-15-22(30)26-18-13-11-17(12-14-18)23(31)29-28-19-7-3-2-4-8-19/h2-14,28H,15H2,1H3,(H,26,30)(H,29,31). The third kappa shape index (κ3) is 5.41. The number of nitrogens with zero attached hydrogens (tertiary/aromatic N) is 2. The third-order valence-electron chi connectivity index (χ3n) is 4.57. The number of carbonyl (C=O) groups excluding carboxylic acids is 2. The van der Waals surface area contributed by atoms with Gasteiger partial charge in [0.05, 0.1) is 28.2 Å². The Morgan fingerprint density at radius 3 is 2.19 bits per heavy atom. The monoisotopic (exact) mass is 443 g/mol. The van der Waals surface area contributed by atoms with Crippen LogP contribution in [-0.2, 0) is 4.79 Å². The zero-order chi connectivity index (χ0) is 22.3. The summed E-state index contributed by atoms with van der Waals surface area (Å²) in [5.41, 5.74) is 9.80. The summed E-state index contributed by atoms with van der Waals surface area (Å²) >= 11 is 1.34. The molecule has 4 rings (SSSR count). The summed E-state index contributed by atoms with van der Waals surface area (Å²) < 4.78 is 0. The van der Waals surface area contributed by atoms with Gasteiger partial charge in [-0.1, -0.05) is 42.1 Å². The molecular formula is C24H21N5O2S. The summed E-state index contributed by atoms with van der Waals surface area (Å²) in [5, 5.41) is 3.57. The van der Waals surface area contributed by atoms with Crippen LogP contribution in [0.3, 0.4) is 0 Å². The fourth-order valence-electron chi connectivity index (χ4n) is 2.97. The average molecular weight is 444 g/mol. The lowest BCUT2D eigenvalue weighted by molar-refractivity contribution is -0.113. The van der Waals surface area contributed by atoms with Crippen molar-refractivity contribution in [3.63, 3.8) is 0 Å². The number of aromatic nitrogens is 2. The van der Waals surface area contributed by atoms with Crippen molar-refractivity contribution >= 4 is 46.0 Å². The number of hydrogen-bond acceptors (Lipinski definition) is 6. The number of carbonyl (C=O) groups is 2. The SMILES string of the molecule is Cc1nc2ccccc2nc1SCC(=O)Nc1ccc(C(=O)NNc2ccccc2)cc1. The van der Waals surface area contributed by atoms with Gasteiger partial charge in [0, 0.05) is 11.3 Å². The van der Waals surface area contributed by atoms with Crippen LogP contribution in [0.2, 0.25) is 0 Å². The molecule has 2 amide bonds. The molecule has 160 valence electrons. The van der Waals surface area contributed by atoms with E-state index in [1.807, 2.05) is 61.5 Å². The Morgan fingerprint density at radius 2 is 1.47 bits per heavy atom. The Labute approximate surface area is 189 Å². The molecule has 0 aliphatic heterocycles. The Morgan fingerprint density at radius 1 is 0.812 bits per heavy atom. The molecular weight excluding hydrogens is 422 g/mol. The van der Waals surface area contributed by atoms with Gasteiger partial charge in [-0.3, -0.25) is 20.4 Å². The van der Waals surface area contributed by atoms with Gasteiger partial charge in [-0.05, 0) is 55.5 Å². The molecule has 0 aliphatic rings. The summed E-state index contributed by atoms with van der Waals surface area (Å²) in [6.45, 7) is 1.89. The molecule has 0 aliphatic carbocycles. The zero-order valence-corrected chi connectivity index (χ0v) is 18.1. The minimum Gasteiger partial charge on any atom is -0.325 e. The van der Waals surface area contributed by atoms with Crippen LogP contribution in [0.15, 0.2) is 83.9 Å². The van der Waals surface area contributed by atoms with Crippen molar-refractivity contribution < 1.29 is 9.59 Å². The topological polar surface area (TPSA) is 96.0 Å². The van der Waals surface area contributed by atoms with E-state index in [1.165, 1.54) is 11.8 Å². The molecule has 7 nitrogen and oxygen atoms in total. The molecule has 3 aromatic carbocycles. The maximum absolute atomic E-state index is 12.4. The first-order valence-corrected chi connectivity index (χ1v) is 10.9. The van der Waals surface area contributed by atoms with Gasteiger partial charge in [0.15, 0.2) is 0 Å². The molecule has 0 spiro atoms. The molecule has 32 heavy (non-hydrogen) atoms. The minimum absolute atomic E-state index is 0.160. The highest BCUT2D eigenvalue weighted by Gasteiger charge is 2.10. The van der Waals surface area contributed by atoms with Crippen LogP contribution in [-0.4, -0.2) is 27.5 Å². The Hall–Kier alpha value is -3.91. The van der Waals surface area contributed by atoms with Crippen molar-refractivity contribution in [2.75, 3.05) is 16.5 Å². The number of amides is 2. The van der Waals surface area contributed by atoms with Crippen LogP contribution in [0.25, 0.3) is 11.0 Å². The Balaban J connectivity index is 1.30. The van der Waals surface area contributed by atoms with E-state index in [9.17, 15) is 9.59 Å². The first-order chi connectivity index (χ1) is 15.6. The van der Waals surface area contributed by atoms with E-state index in [-0.39, 0.29) is 17.6 Å². The van der Waals surface area contributed by atoms with E-state index in [4.69, 9.17) is 0 Å². The minimum atomic E-state index is -0.271. The molecule has 4 aromatic rings. The van der Waals surface area contributed by atoms with Crippen LogP contribution in [0.1, 0.15) is 16.1 Å². The highest BCUT2D eigenvalue weighted by atomic mass is 32.2. The number of rotatable bonds is 7. The summed E-state index contributed by atoms with van der Waals surface area (Å²) in [5.74, 6) is -0.225. The second-order valence-electron chi connectivity index (χ2n) is 6.96.